The van der Waals surface area contributed by atoms with Crippen LogP contribution in [0.1, 0.15) is 63.0 Å². The maximum Gasteiger partial charge on any atom is 0.312 e. The van der Waals surface area contributed by atoms with Crippen molar-refractivity contribution >= 4 is 5.97 Å². The first-order valence-corrected chi connectivity index (χ1v) is 11.0. The highest BCUT2D eigenvalue weighted by Crippen LogP contribution is 2.26. The Balaban J connectivity index is 1.29. The number of piperidine rings is 1. The van der Waals surface area contributed by atoms with E-state index in [9.17, 15) is 4.79 Å². The van der Waals surface area contributed by atoms with Crippen molar-refractivity contribution in [3.63, 3.8) is 0 Å². The minimum Gasteiger partial charge on any atom is -0.426 e. The predicted octanol–water partition coefficient (Wildman–Crippen LogP) is 3.96. The summed E-state index contributed by atoms with van der Waals surface area (Å²) in [5.74, 6) is 1.48. The molecule has 1 heterocycles. The van der Waals surface area contributed by atoms with E-state index in [1.165, 1.54) is 49.7 Å². The molecule has 2 aliphatic rings. The van der Waals surface area contributed by atoms with Crippen LogP contribution in [0.4, 0.5) is 0 Å². The van der Waals surface area contributed by atoms with Gasteiger partial charge in [0.05, 0.1) is 6.42 Å². The minimum absolute atomic E-state index is 0.0999. The second-order valence-corrected chi connectivity index (χ2v) is 8.19. The van der Waals surface area contributed by atoms with Gasteiger partial charge < -0.3 is 15.0 Å². The van der Waals surface area contributed by atoms with Crippen molar-refractivity contribution < 1.29 is 9.53 Å². The Morgan fingerprint density at radius 3 is 2.81 bits per heavy atom. The van der Waals surface area contributed by atoms with Gasteiger partial charge in [0.2, 0.25) is 0 Å². The van der Waals surface area contributed by atoms with Crippen LogP contribution in [-0.4, -0.2) is 43.6 Å². The summed E-state index contributed by atoms with van der Waals surface area (Å²) in [7, 11) is 0. The molecule has 150 valence electrons. The van der Waals surface area contributed by atoms with Crippen LogP contribution in [0.3, 0.4) is 0 Å². The van der Waals surface area contributed by atoms with Crippen LogP contribution >= 0.6 is 0 Å². The number of nitrogens with zero attached hydrogens (tertiary/aromatic N) is 1. The number of nitrogens with one attached hydrogen (secondary N) is 1. The predicted molar refractivity (Wildman–Crippen MR) is 110 cm³/mol. The maximum absolute atomic E-state index is 12.2. The first-order chi connectivity index (χ1) is 13.2. The molecule has 0 aromatic heterocycles. The fraction of sp³-hybridized carbons (Fsp3) is 0.696. The van der Waals surface area contributed by atoms with Gasteiger partial charge in [-0.25, -0.2) is 0 Å². The summed E-state index contributed by atoms with van der Waals surface area (Å²) in [6, 6.07) is 6.12. The van der Waals surface area contributed by atoms with Gasteiger partial charge in [-0.05, 0) is 107 Å². The van der Waals surface area contributed by atoms with Crippen LogP contribution in [0, 0.1) is 5.92 Å². The van der Waals surface area contributed by atoms with Crippen molar-refractivity contribution in [2.75, 3.05) is 32.7 Å². The Morgan fingerprint density at radius 1 is 1.19 bits per heavy atom. The Hall–Kier alpha value is -1.39. The zero-order valence-electron chi connectivity index (χ0n) is 17.0. The van der Waals surface area contributed by atoms with E-state index in [2.05, 4.69) is 29.3 Å². The highest BCUT2D eigenvalue weighted by atomic mass is 16.5. The number of rotatable bonds is 10. The lowest BCUT2D eigenvalue weighted by atomic mass is 9.92. The first kappa shape index (κ1) is 20.3. The Labute approximate surface area is 164 Å². The normalized spacial score (nSPS) is 17.8. The van der Waals surface area contributed by atoms with Crippen molar-refractivity contribution in [2.24, 2.45) is 5.92 Å². The molecule has 1 fully saturated rings. The van der Waals surface area contributed by atoms with Crippen LogP contribution < -0.4 is 10.1 Å². The van der Waals surface area contributed by atoms with Gasteiger partial charge in [0, 0.05) is 6.54 Å². The Bertz CT molecular complexity index is 594. The Kier molecular flexibility index (Phi) is 8.15. The largest absolute Gasteiger partial charge is 0.426 e. The Morgan fingerprint density at radius 2 is 2.00 bits per heavy atom. The number of fused-ring (bicyclic) bond motifs is 1. The van der Waals surface area contributed by atoms with E-state index >= 15 is 0 Å². The van der Waals surface area contributed by atoms with Gasteiger partial charge in [-0.15, -0.1) is 0 Å². The average molecular weight is 373 g/mol. The molecular weight excluding hydrogens is 336 g/mol. The van der Waals surface area contributed by atoms with Crippen LogP contribution in [-0.2, 0) is 17.6 Å². The molecule has 1 aromatic carbocycles. The van der Waals surface area contributed by atoms with E-state index in [-0.39, 0.29) is 5.97 Å². The smallest absolute Gasteiger partial charge is 0.312 e. The number of aryl methyl sites for hydroxylation is 2. The van der Waals surface area contributed by atoms with Crippen LogP contribution in [0.2, 0.25) is 0 Å². The van der Waals surface area contributed by atoms with E-state index < -0.39 is 0 Å². The van der Waals surface area contributed by atoms with Crippen molar-refractivity contribution in [1.29, 1.82) is 0 Å². The summed E-state index contributed by atoms with van der Waals surface area (Å²) < 4.78 is 5.56. The standard InChI is InChI=1S/C23H36N2O2/c1-2-13-24-14-4-5-19-10-15-25(16-11-19)17-12-23(26)27-22-9-8-20-6-3-7-21(20)18-22/h8-9,18-19,24H,2-7,10-17H2,1H3. The molecule has 0 saturated carbocycles. The van der Waals surface area contributed by atoms with Gasteiger partial charge in [-0.1, -0.05) is 13.0 Å². The first-order valence-electron chi connectivity index (χ1n) is 11.0. The zero-order chi connectivity index (χ0) is 18.9. The second kappa shape index (κ2) is 10.8. The highest BCUT2D eigenvalue weighted by Gasteiger charge is 2.20. The number of benzene rings is 1. The topological polar surface area (TPSA) is 41.6 Å². The van der Waals surface area contributed by atoms with Crippen molar-refractivity contribution in [2.45, 2.75) is 64.7 Å². The number of hydrogen-bond donors (Lipinski definition) is 1. The van der Waals surface area contributed by atoms with E-state index in [4.69, 9.17) is 4.74 Å². The van der Waals surface area contributed by atoms with Crippen LogP contribution in [0.5, 0.6) is 5.75 Å². The molecular formula is C23H36N2O2. The number of likely N-dealkylation sites (tertiary alicyclic amines) is 1. The zero-order valence-corrected chi connectivity index (χ0v) is 17.0. The lowest BCUT2D eigenvalue weighted by molar-refractivity contribution is -0.134. The molecule has 1 saturated heterocycles. The lowest BCUT2D eigenvalue weighted by Crippen LogP contribution is -2.35. The fourth-order valence-electron chi connectivity index (χ4n) is 4.36. The maximum atomic E-state index is 12.2. The van der Waals surface area contributed by atoms with Gasteiger partial charge in [0.15, 0.2) is 0 Å². The summed E-state index contributed by atoms with van der Waals surface area (Å²) in [4.78, 5) is 14.6. The lowest BCUT2D eigenvalue weighted by Gasteiger charge is -2.31. The molecule has 0 bridgehead atoms. The molecule has 0 radical (unpaired) electrons. The monoisotopic (exact) mass is 372 g/mol. The third-order valence-corrected chi connectivity index (χ3v) is 6.03. The molecule has 1 aromatic rings. The van der Waals surface area contributed by atoms with Crippen LogP contribution in [0.25, 0.3) is 0 Å². The van der Waals surface area contributed by atoms with Gasteiger partial charge in [0.25, 0.3) is 0 Å². The van der Waals surface area contributed by atoms with Gasteiger partial charge >= 0.3 is 5.97 Å². The van der Waals surface area contributed by atoms with Crippen molar-refractivity contribution in [3.8, 4) is 5.75 Å². The van der Waals surface area contributed by atoms with Crippen molar-refractivity contribution in [1.82, 2.24) is 10.2 Å². The third-order valence-electron chi connectivity index (χ3n) is 6.03. The number of carbonyl (C=O) groups excluding carboxylic acids is 1. The molecule has 0 atom stereocenters. The van der Waals surface area contributed by atoms with Gasteiger partial charge in [-0.2, -0.15) is 0 Å². The minimum atomic E-state index is -0.0999. The summed E-state index contributed by atoms with van der Waals surface area (Å²) in [5, 5.41) is 3.49. The van der Waals surface area contributed by atoms with E-state index in [1.807, 2.05) is 6.07 Å². The summed E-state index contributed by atoms with van der Waals surface area (Å²) in [5.41, 5.74) is 2.77. The van der Waals surface area contributed by atoms with Gasteiger partial charge in [-0.3, -0.25) is 4.79 Å². The molecule has 1 N–H and O–H groups in total. The summed E-state index contributed by atoms with van der Waals surface area (Å²) in [6.07, 6.45) is 10.4. The molecule has 0 spiro atoms. The SMILES string of the molecule is CCCNCCCC1CCN(CCC(=O)Oc2ccc3c(c2)CCC3)CC1. The molecule has 4 nitrogen and oxygen atoms in total. The summed E-state index contributed by atoms with van der Waals surface area (Å²) >= 11 is 0. The van der Waals surface area contributed by atoms with Crippen molar-refractivity contribution in [3.05, 3.63) is 29.3 Å². The summed E-state index contributed by atoms with van der Waals surface area (Å²) in [6.45, 7) is 7.58. The van der Waals surface area contributed by atoms with Crippen LogP contribution in [0.15, 0.2) is 18.2 Å². The molecule has 1 aliphatic heterocycles. The second-order valence-electron chi connectivity index (χ2n) is 8.19. The molecule has 1 aliphatic carbocycles. The highest BCUT2D eigenvalue weighted by molar-refractivity contribution is 5.72. The van der Waals surface area contributed by atoms with Gasteiger partial charge in [0.1, 0.15) is 5.75 Å². The fourth-order valence-corrected chi connectivity index (χ4v) is 4.36. The number of esters is 1. The molecule has 0 unspecified atom stereocenters. The molecule has 3 rings (SSSR count). The van der Waals surface area contributed by atoms with E-state index in [0.717, 1.165) is 57.2 Å². The number of ether oxygens (including phenoxy) is 1. The third kappa shape index (κ3) is 6.62. The van der Waals surface area contributed by atoms with E-state index in [1.54, 1.807) is 0 Å². The molecule has 4 heteroatoms. The number of carbonyl (C=O) groups is 1. The molecule has 0 amide bonds. The quantitative estimate of drug-likeness (QED) is 0.383. The average Bonchev–Trinajstić information content (AvgIpc) is 3.15. The number of hydrogen-bond acceptors (Lipinski definition) is 4. The van der Waals surface area contributed by atoms with E-state index in [0.29, 0.717) is 6.42 Å². The molecule has 27 heavy (non-hydrogen) atoms.